The lowest BCUT2D eigenvalue weighted by Crippen LogP contribution is -2.56. The third-order valence-electron chi connectivity index (χ3n) is 3.50. The topological polar surface area (TPSA) is 58.6 Å². The first-order chi connectivity index (χ1) is 11.5. The van der Waals surface area contributed by atoms with Gasteiger partial charge in [-0.1, -0.05) is 36.4 Å². The fourth-order valence-corrected chi connectivity index (χ4v) is 2.45. The van der Waals surface area contributed by atoms with Gasteiger partial charge in [-0.05, 0) is 58.4 Å². The summed E-state index contributed by atoms with van der Waals surface area (Å²) in [4.78, 5) is 25.4. The molecule has 5 nitrogen and oxygen atoms in total. The molecular formula is C20H26N2O3. The molecule has 0 saturated carbocycles. The summed E-state index contributed by atoms with van der Waals surface area (Å²) in [6.07, 6.45) is -0.656. The van der Waals surface area contributed by atoms with Crippen LogP contribution in [0.25, 0.3) is 10.8 Å². The SMILES string of the molecule is CC(C)(C)OC(=O)NN(C(=O)c1cccc2ccccc12)C(C)(C)C. The van der Waals surface area contributed by atoms with Crippen molar-refractivity contribution in [3.8, 4) is 0 Å². The highest BCUT2D eigenvalue weighted by Crippen LogP contribution is 2.23. The molecule has 2 aromatic carbocycles. The smallest absolute Gasteiger partial charge is 0.426 e. The molecule has 0 aliphatic rings. The second kappa shape index (κ2) is 6.75. The zero-order valence-electron chi connectivity index (χ0n) is 15.7. The first-order valence-corrected chi connectivity index (χ1v) is 8.31. The number of benzene rings is 2. The highest BCUT2D eigenvalue weighted by Gasteiger charge is 2.31. The summed E-state index contributed by atoms with van der Waals surface area (Å²) in [6.45, 7) is 10.9. The van der Waals surface area contributed by atoms with Crippen LogP contribution in [0.1, 0.15) is 51.9 Å². The number of hydrogen-bond acceptors (Lipinski definition) is 3. The summed E-state index contributed by atoms with van der Waals surface area (Å²) < 4.78 is 5.29. The van der Waals surface area contributed by atoms with E-state index in [4.69, 9.17) is 4.74 Å². The number of hydrogen-bond donors (Lipinski definition) is 1. The van der Waals surface area contributed by atoms with E-state index in [-0.39, 0.29) is 5.91 Å². The van der Waals surface area contributed by atoms with Crippen LogP contribution in [-0.2, 0) is 4.74 Å². The molecule has 0 aromatic heterocycles. The van der Waals surface area contributed by atoms with Crippen molar-refractivity contribution >= 4 is 22.8 Å². The Morgan fingerprint density at radius 3 is 2.12 bits per heavy atom. The lowest BCUT2D eigenvalue weighted by atomic mass is 10.0. The number of hydrazine groups is 1. The van der Waals surface area contributed by atoms with E-state index in [1.807, 2.05) is 57.2 Å². The Bertz CT molecular complexity index is 780. The van der Waals surface area contributed by atoms with Gasteiger partial charge in [0.05, 0.1) is 5.54 Å². The van der Waals surface area contributed by atoms with Gasteiger partial charge >= 0.3 is 6.09 Å². The predicted molar refractivity (Wildman–Crippen MR) is 99.2 cm³/mol. The van der Waals surface area contributed by atoms with Gasteiger partial charge in [-0.25, -0.2) is 15.2 Å². The van der Waals surface area contributed by atoms with E-state index in [0.717, 1.165) is 10.8 Å². The Balaban J connectivity index is 2.38. The third-order valence-corrected chi connectivity index (χ3v) is 3.50. The number of ether oxygens (including phenoxy) is 1. The molecule has 0 aliphatic heterocycles. The van der Waals surface area contributed by atoms with Gasteiger partial charge in [0.2, 0.25) is 0 Å². The molecule has 0 aliphatic carbocycles. The molecule has 0 fully saturated rings. The fourth-order valence-electron chi connectivity index (χ4n) is 2.45. The molecule has 0 saturated heterocycles. The number of nitrogens with one attached hydrogen (secondary N) is 1. The molecule has 2 aromatic rings. The quantitative estimate of drug-likeness (QED) is 0.775. The van der Waals surface area contributed by atoms with E-state index in [0.29, 0.717) is 5.56 Å². The Kier molecular flexibility index (Phi) is 5.07. The van der Waals surface area contributed by atoms with Crippen LogP contribution in [-0.4, -0.2) is 28.1 Å². The molecule has 0 unspecified atom stereocenters. The van der Waals surface area contributed by atoms with Gasteiger partial charge < -0.3 is 4.74 Å². The minimum absolute atomic E-state index is 0.282. The number of carbonyl (C=O) groups excluding carboxylic acids is 2. The molecule has 0 radical (unpaired) electrons. The molecule has 25 heavy (non-hydrogen) atoms. The maximum atomic E-state index is 13.2. The van der Waals surface area contributed by atoms with Crippen molar-refractivity contribution in [2.75, 3.05) is 0 Å². The number of fused-ring (bicyclic) bond motifs is 1. The van der Waals surface area contributed by atoms with Crippen LogP contribution in [0.3, 0.4) is 0 Å². The van der Waals surface area contributed by atoms with Gasteiger partial charge in [-0.2, -0.15) is 0 Å². The largest absolute Gasteiger partial charge is 0.443 e. The monoisotopic (exact) mass is 342 g/mol. The van der Waals surface area contributed by atoms with Crippen LogP contribution in [0.2, 0.25) is 0 Å². The van der Waals surface area contributed by atoms with E-state index in [1.54, 1.807) is 26.8 Å². The molecule has 0 bridgehead atoms. The zero-order chi connectivity index (χ0) is 18.8. The zero-order valence-corrected chi connectivity index (χ0v) is 15.7. The Labute approximate surface area is 148 Å². The summed E-state index contributed by atoms with van der Waals surface area (Å²) in [5.41, 5.74) is 1.87. The average molecular weight is 342 g/mol. The van der Waals surface area contributed by atoms with Gasteiger partial charge in [0.1, 0.15) is 5.60 Å². The summed E-state index contributed by atoms with van der Waals surface area (Å²) in [5, 5.41) is 3.14. The second-order valence-electron chi connectivity index (χ2n) is 7.95. The van der Waals surface area contributed by atoms with Gasteiger partial charge in [-0.3, -0.25) is 4.79 Å². The molecule has 0 atom stereocenters. The first-order valence-electron chi connectivity index (χ1n) is 8.31. The van der Waals surface area contributed by atoms with E-state index in [2.05, 4.69) is 5.43 Å². The summed E-state index contributed by atoms with van der Waals surface area (Å²) >= 11 is 0. The minimum Gasteiger partial charge on any atom is -0.443 e. The number of amides is 2. The van der Waals surface area contributed by atoms with Gasteiger partial charge in [0, 0.05) is 5.56 Å². The number of nitrogens with zero attached hydrogens (tertiary/aromatic N) is 1. The Morgan fingerprint density at radius 2 is 1.52 bits per heavy atom. The normalized spacial score (nSPS) is 11.9. The van der Waals surface area contributed by atoms with Crippen LogP contribution >= 0.6 is 0 Å². The molecule has 2 rings (SSSR count). The predicted octanol–water partition coefficient (Wildman–Crippen LogP) is 4.52. The van der Waals surface area contributed by atoms with E-state index in [1.165, 1.54) is 5.01 Å². The number of carbonyl (C=O) groups is 2. The Morgan fingerprint density at radius 1 is 0.920 bits per heavy atom. The van der Waals surface area contributed by atoms with Crippen molar-refractivity contribution in [3.63, 3.8) is 0 Å². The van der Waals surface area contributed by atoms with Crippen molar-refractivity contribution in [3.05, 3.63) is 48.0 Å². The van der Waals surface area contributed by atoms with Crippen molar-refractivity contribution < 1.29 is 14.3 Å². The standard InChI is InChI=1S/C20H26N2O3/c1-19(2,3)22(21-18(24)25-20(4,5)6)17(23)16-13-9-11-14-10-7-8-12-15(14)16/h7-13H,1-6H3,(H,21,24). The van der Waals surface area contributed by atoms with Crippen LogP contribution in [0.4, 0.5) is 4.79 Å². The maximum Gasteiger partial charge on any atom is 0.426 e. The minimum atomic E-state index is -0.656. The molecule has 2 amide bonds. The molecule has 1 N–H and O–H groups in total. The van der Waals surface area contributed by atoms with Crippen molar-refractivity contribution in [2.45, 2.75) is 52.7 Å². The van der Waals surface area contributed by atoms with Crippen molar-refractivity contribution in [2.24, 2.45) is 0 Å². The van der Waals surface area contributed by atoms with Crippen LogP contribution in [0.5, 0.6) is 0 Å². The summed E-state index contributed by atoms with van der Waals surface area (Å²) in [6, 6.07) is 13.2. The Hall–Kier alpha value is -2.56. The van der Waals surface area contributed by atoms with E-state index < -0.39 is 17.2 Å². The van der Waals surface area contributed by atoms with Crippen molar-refractivity contribution in [1.82, 2.24) is 10.4 Å². The van der Waals surface area contributed by atoms with Crippen LogP contribution in [0, 0.1) is 0 Å². The van der Waals surface area contributed by atoms with Gasteiger partial charge in [0.15, 0.2) is 0 Å². The van der Waals surface area contributed by atoms with Crippen LogP contribution < -0.4 is 5.43 Å². The fraction of sp³-hybridized carbons (Fsp3) is 0.400. The van der Waals surface area contributed by atoms with Crippen molar-refractivity contribution in [1.29, 1.82) is 0 Å². The summed E-state index contributed by atoms with van der Waals surface area (Å²) in [5.74, 6) is -0.282. The lowest BCUT2D eigenvalue weighted by molar-refractivity contribution is 0.0119. The highest BCUT2D eigenvalue weighted by atomic mass is 16.6. The van der Waals surface area contributed by atoms with Gasteiger partial charge in [-0.15, -0.1) is 0 Å². The first kappa shape index (κ1) is 18.8. The molecular weight excluding hydrogens is 316 g/mol. The lowest BCUT2D eigenvalue weighted by Gasteiger charge is -2.36. The molecule has 5 heteroatoms. The van der Waals surface area contributed by atoms with E-state index >= 15 is 0 Å². The molecule has 134 valence electrons. The van der Waals surface area contributed by atoms with Gasteiger partial charge in [0.25, 0.3) is 5.91 Å². The highest BCUT2D eigenvalue weighted by molar-refractivity contribution is 6.07. The summed E-state index contributed by atoms with van der Waals surface area (Å²) in [7, 11) is 0. The maximum absolute atomic E-state index is 13.2. The molecule has 0 heterocycles. The second-order valence-corrected chi connectivity index (χ2v) is 7.95. The average Bonchev–Trinajstić information content (AvgIpc) is 2.48. The number of rotatable bonds is 1. The van der Waals surface area contributed by atoms with Crippen LogP contribution in [0.15, 0.2) is 42.5 Å². The van der Waals surface area contributed by atoms with E-state index in [9.17, 15) is 9.59 Å². The third kappa shape index (κ3) is 4.72. The molecule has 0 spiro atoms.